The van der Waals surface area contributed by atoms with Gasteiger partial charge in [0.1, 0.15) is 5.76 Å². The Labute approximate surface area is 172 Å². The molecule has 3 heterocycles. The summed E-state index contributed by atoms with van der Waals surface area (Å²) in [6.45, 7) is 5.75. The fourth-order valence-electron chi connectivity index (χ4n) is 3.20. The molecule has 1 saturated heterocycles. The third kappa shape index (κ3) is 4.55. The van der Waals surface area contributed by atoms with E-state index in [1.807, 2.05) is 23.1 Å². The van der Waals surface area contributed by atoms with Gasteiger partial charge in [0.2, 0.25) is 0 Å². The highest BCUT2D eigenvalue weighted by atomic mass is 35.5. The molecule has 1 aromatic carbocycles. The van der Waals surface area contributed by atoms with Crippen molar-refractivity contribution in [2.45, 2.75) is 13.5 Å². The van der Waals surface area contributed by atoms with Gasteiger partial charge in [0, 0.05) is 53.6 Å². The predicted octanol–water partition coefficient (Wildman–Crippen LogP) is 4.71. The van der Waals surface area contributed by atoms with E-state index in [4.69, 9.17) is 16.1 Å². The minimum Gasteiger partial charge on any atom is -0.360 e. The van der Waals surface area contributed by atoms with E-state index < -0.39 is 0 Å². The zero-order valence-corrected chi connectivity index (χ0v) is 17.1. The number of aryl methyl sites for hydroxylation is 1. The highest BCUT2D eigenvalue weighted by molar-refractivity contribution is 7.15. The zero-order chi connectivity index (χ0) is 19.5. The summed E-state index contributed by atoms with van der Waals surface area (Å²) in [6.07, 6.45) is 0. The van der Waals surface area contributed by atoms with E-state index in [0.717, 1.165) is 30.2 Å². The second kappa shape index (κ2) is 8.34. The van der Waals surface area contributed by atoms with Crippen molar-refractivity contribution in [1.82, 2.24) is 15.0 Å². The van der Waals surface area contributed by atoms with Gasteiger partial charge in [-0.05, 0) is 36.8 Å². The molecule has 0 aliphatic carbocycles. The number of nitrogens with zero attached hydrogens (tertiary/aromatic N) is 3. The number of nitrogens with one attached hydrogen (secondary N) is 1. The second-order valence-corrected chi connectivity index (χ2v) is 8.40. The topological polar surface area (TPSA) is 61.6 Å². The summed E-state index contributed by atoms with van der Waals surface area (Å²) < 4.78 is 4.98. The highest BCUT2D eigenvalue weighted by Gasteiger charge is 2.22. The maximum atomic E-state index is 12.3. The molecule has 0 atom stereocenters. The second-order valence-electron chi connectivity index (χ2n) is 6.79. The van der Waals surface area contributed by atoms with Gasteiger partial charge in [-0.25, -0.2) is 4.79 Å². The molecule has 0 bridgehead atoms. The lowest BCUT2D eigenvalue weighted by Crippen LogP contribution is -2.49. The molecule has 146 valence electrons. The van der Waals surface area contributed by atoms with Crippen molar-refractivity contribution < 1.29 is 9.32 Å². The van der Waals surface area contributed by atoms with Gasteiger partial charge < -0.3 is 9.42 Å². The first-order valence-electron chi connectivity index (χ1n) is 9.13. The van der Waals surface area contributed by atoms with Crippen molar-refractivity contribution in [2.24, 2.45) is 0 Å². The van der Waals surface area contributed by atoms with E-state index in [9.17, 15) is 4.79 Å². The van der Waals surface area contributed by atoms with Crippen molar-refractivity contribution in [3.63, 3.8) is 0 Å². The van der Waals surface area contributed by atoms with Gasteiger partial charge in [-0.3, -0.25) is 10.2 Å². The van der Waals surface area contributed by atoms with Crippen molar-refractivity contribution >= 4 is 34.8 Å². The molecule has 1 aliphatic heterocycles. The number of rotatable bonds is 4. The van der Waals surface area contributed by atoms with Crippen molar-refractivity contribution in [3.05, 3.63) is 58.1 Å². The lowest BCUT2D eigenvalue weighted by Gasteiger charge is -2.34. The Kier molecular flexibility index (Phi) is 5.66. The first-order valence-corrected chi connectivity index (χ1v) is 10.3. The average molecular weight is 417 g/mol. The van der Waals surface area contributed by atoms with Gasteiger partial charge in [-0.15, -0.1) is 11.3 Å². The van der Waals surface area contributed by atoms with Crippen LogP contribution in [0.25, 0.3) is 10.4 Å². The molecule has 4 rings (SSSR count). The Bertz CT molecular complexity index is 963. The van der Waals surface area contributed by atoms with Crippen LogP contribution in [-0.4, -0.2) is 47.2 Å². The van der Waals surface area contributed by atoms with Gasteiger partial charge in [-0.2, -0.15) is 0 Å². The third-order valence-corrected chi connectivity index (χ3v) is 6.03. The monoisotopic (exact) mass is 416 g/mol. The van der Waals surface area contributed by atoms with Crippen LogP contribution < -0.4 is 5.32 Å². The maximum Gasteiger partial charge on any atom is 0.323 e. The SMILES string of the molecule is Cc1cc(NC(=O)N2CCN(Cc3ccc(-c4cccc(Cl)c4)s3)CC2)no1. The number of benzene rings is 1. The number of carbonyl (C=O) groups is 1. The van der Waals surface area contributed by atoms with E-state index in [1.54, 1.807) is 24.3 Å². The van der Waals surface area contributed by atoms with Crippen LogP contribution in [0.4, 0.5) is 10.6 Å². The molecule has 0 radical (unpaired) electrons. The van der Waals surface area contributed by atoms with Crippen molar-refractivity contribution in [3.8, 4) is 10.4 Å². The number of carbonyl (C=O) groups excluding carboxylic acids is 1. The summed E-state index contributed by atoms with van der Waals surface area (Å²) in [5.74, 6) is 1.13. The summed E-state index contributed by atoms with van der Waals surface area (Å²) in [5.41, 5.74) is 1.15. The van der Waals surface area contributed by atoms with Crippen LogP contribution in [0.1, 0.15) is 10.6 Å². The molecule has 2 amide bonds. The van der Waals surface area contributed by atoms with Gasteiger partial charge in [0.15, 0.2) is 5.82 Å². The Hall–Kier alpha value is -2.35. The van der Waals surface area contributed by atoms with Gasteiger partial charge in [0.25, 0.3) is 0 Å². The summed E-state index contributed by atoms with van der Waals surface area (Å²) in [6, 6.07) is 13.8. The van der Waals surface area contributed by atoms with E-state index in [2.05, 4.69) is 33.6 Å². The Morgan fingerprint density at radius 2 is 2.04 bits per heavy atom. The normalized spacial score (nSPS) is 15.0. The molecule has 0 spiro atoms. The summed E-state index contributed by atoms with van der Waals surface area (Å²) in [7, 11) is 0. The summed E-state index contributed by atoms with van der Waals surface area (Å²) in [4.78, 5) is 19.1. The van der Waals surface area contributed by atoms with Crippen LogP contribution in [0.3, 0.4) is 0 Å². The Balaban J connectivity index is 1.29. The molecule has 0 saturated carbocycles. The number of urea groups is 1. The number of amides is 2. The first kappa shape index (κ1) is 19.0. The summed E-state index contributed by atoms with van der Waals surface area (Å²) in [5, 5.41) is 7.33. The van der Waals surface area contributed by atoms with Gasteiger partial charge >= 0.3 is 6.03 Å². The fraction of sp³-hybridized carbons (Fsp3) is 0.300. The van der Waals surface area contributed by atoms with Gasteiger partial charge in [0.05, 0.1) is 0 Å². The van der Waals surface area contributed by atoms with Crippen LogP contribution in [0.2, 0.25) is 5.02 Å². The molecule has 2 aromatic heterocycles. The molecule has 28 heavy (non-hydrogen) atoms. The number of aromatic nitrogens is 1. The molecule has 1 N–H and O–H groups in total. The average Bonchev–Trinajstić information content (AvgIpc) is 3.31. The third-order valence-electron chi connectivity index (χ3n) is 4.67. The Morgan fingerprint density at radius 1 is 1.21 bits per heavy atom. The lowest BCUT2D eigenvalue weighted by atomic mass is 10.2. The first-order chi connectivity index (χ1) is 13.6. The van der Waals surface area contributed by atoms with E-state index in [-0.39, 0.29) is 6.03 Å². The van der Waals surface area contributed by atoms with Crippen molar-refractivity contribution in [2.75, 3.05) is 31.5 Å². The minimum atomic E-state index is -0.132. The number of hydrogen-bond donors (Lipinski definition) is 1. The van der Waals surface area contributed by atoms with Crippen LogP contribution in [0, 0.1) is 6.92 Å². The molecular weight excluding hydrogens is 396 g/mol. The molecular formula is C20H21ClN4O2S. The standard InChI is InChI=1S/C20H21ClN4O2S/c1-14-11-19(23-27-14)22-20(26)25-9-7-24(8-10-25)13-17-5-6-18(28-17)15-3-2-4-16(21)12-15/h2-6,11-12H,7-10,13H2,1H3,(H,22,23,26). The van der Waals surface area contributed by atoms with E-state index >= 15 is 0 Å². The minimum absolute atomic E-state index is 0.132. The number of piperazine rings is 1. The highest BCUT2D eigenvalue weighted by Crippen LogP contribution is 2.30. The molecule has 3 aromatic rings. The molecule has 1 aliphatic rings. The maximum absolute atomic E-state index is 12.3. The number of hydrogen-bond acceptors (Lipinski definition) is 5. The van der Waals surface area contributed by atoms with E-state index in [1.165, 1.54) is 9.75 Å². The van der Waals surface area contributed by atoms with Crippen molar-refractivity contribution in [1.29, 1.82) is 0 Å². The van der Waals surface area contributed by atoms with Crippen LogP contribution in [0.5, 0.6) is 0 Å². The summed E-state index contributed by atoms with van der Waals surface area (Å²) >= 11 is 7.89. The van der Waals surface area contributed by atoms with Crippen LogP contribution >= 0.6 is 22.9 Å². The van der Waals surface area contributed by atoms with Crippen LogP contribution in [-0.2, 0) is 6.54 Å². The fourth-order valence-corrected chi connectivity index (χ4v) is 4.44. The molecule has 1 fully saturated rings. The van der Waals surface area contributed by atoms with Crippen LogP contribution in [0.15, 0.2) is 47.0 Å². The quantitative estimate of drug-likeness (QED) is 0.668. The number of halogens is 1. The largest absolute Gasteiger partial charge is 0.360 e. The molecule has 8 heteroatoms. The van der Waals surface area contributed by atoms with E-state index in [0.29, 0.717) is 24.7 Å². The zero-order valence-electron chi connectivity index (χ0n) is 15.5. The Morgan fingerprint density at radius 3 is 2.75 bits per heavy atom. The smallest absolute Gasteiger partial charge is 0.323 e. The lowest BCUT2D eigenvalue weighted by molar-refractivity contribution is 0.143. The molecule has 6 nitrogen and oxygen atoms in total. The number of thiophene rings is 1. The predicted molar refractivity (Wildman–Crippen MR) is 112 cm³/mol. The van der Waals surface area contributed by atoms with Gasteiger partial charge in [-0.1, -0.05) is 28.9 Å². The number of anilines is 1. The molecule has 0 unspecified atom stereocenters.